The van der Waals surface area contributed by atoms with Crippen molar-refractivity contribution in [3.8, 4) is 0 Å². The normalized spacial score (nSPS) is 13.4. The fourth-order valence-corrected chi connectivity index (χ4v) is 7.03. The number of thioether (sulfide) groups is 1. The van der Waals surface area contributed by atoms with Gasteiger partial charge in [-0.3, -0.25) is 10.1 Å². The predicted molar refractivity (Wildman–Crippen MR) is 139 cm³/mol. The van der Waals surface area contributed by atoms with Gasteiger partial charge in [-0.2, -0.15) is 0 Å². The van der Waals surface area contributed by atoms with Gasteiger partial charge in [-0.1, -0.05) is 109 Å². The molecule has 0 N–H and O–H groups in total. The van der Waals surface area contributed by atoms with Crippen molar-refractivity contribution in [3.63, 3.8) is 0 Å². The van der Waals surface area contributed by atoms with Crippen LogP contribution in [0.15, 0.2) is 7.94 Å². The lowest BCUT2D eigenvalue weighted by atomic mass is 10.1. The van der Waals surface area contributed by atoms with Gasteiger partial charge in [0, 0.05) is 5.75 Å². The molecule has 4 nitrogen and oxygen atoms in total. The molecule has 0 aromatic carbocycles. The molecule has 0 saturated heterocycles. The number of rotatable bonds is 21. The molecule has 0 rings (SSSR count). The number of nitrogens with zero attached hydrogens (tertiary/aromatic N) is 1. The van der Waals surface area contributed by atoms with Gasteiger partial charge in [0.1, 0.15) is 5.75 Å². The smallest absolute Gasteiger partial charge is 0.364 e. The molecular weight excluding hydrogens is 517 g/mol. The summed E-state index contributed by atoms with van der Waals surface area (Å²) in [6.45, 7) is 4.45. The zero-order valence-corrected chi connectivity index (χ0v) is 22.4. The van der Waals surface area contributed by atoms with Crippen molar-refractivity contribution in [2.24, 2.45) is 0 Å². The third-order valence-corrected chi connectivity index (χ3v) is 9.74. The van der Waals surface area contributed by atoms with Crippen LogP contribution >= 0.6 is 34.4 Å². The average Bonchev–Trinajstić information content (AvgIpc) is 2.70. The van der Waals surface area contributed by atoms with E-state index in [1.165, 1.54) is 88.8 Å². The van der Waals surface area contributed by atoms with Crippen LogP contribution in [0.1, 0.15) is 117 Å². The molecule has 0 bridgehead atoms. The lowest BCUT2D eigenvalue weighted by molar-refractivity contribution is -0.406. The Hall–Kier alpha value is 0.530. The molecule has 1 unspecified atom stereocenters. The van der Waals surface area contributed by atoms with Gasteiger partial charge in [0.15, 0.2) is 0 Å². The number of halogens is 1. The van der Waals surface area contributed by atoms with Crippen LogP contribution in [0.4, 0.5) is 0 Å². The van der Waals surface area contributed by atoms with E-state index in [4.69, 9.17) is 0 Å². The molecule has 1 atom stereocenters. The van der Waals surface area contributed by atoms with E-state index in [-0.39, 0.29) is 8.63 Å². The van der Waals surface area contributed by atoms with E-state index in [1.807, 2.05) is 0 Å². The molecule has 29 heavy (non-hydrogen) atoms. The van der Waals surface area contributed by atoms with Crippen LogP contribution in [-0.2, 0) is 11.2 Å². The summed E-state index contributed by atoms with van der Waals surface area (Å²) in [6.07, 6.45) is 19.5. The highest BCUT2D eigenvalue weighted by molar-refractivity contribution is 14.1. The standard InChI is InChI=1S/C22H42INO3S2/c1-3-5-7-9-11-13-15-17-19-28-22(21(23)24(25)26)29(27)20-18-16-14-12-10-8-6-4-2/h3-20H2,1-2H3. The molecule has 0 aliphatic rings. The van der Waals surface area contributed by atoms with E-state index in [2.05, 4.69) is 13.8 Å². The van der Waals surface area contributed by atoms with Crippen molar-refractivity contribution in [2.75, 3.05) is 11.5 Å². The largest absolute Gasteiger partial charge is 0.611 e. The number of hydrogen-bond acceptors (Lipinski definition) is 4. The Morgan fingerprint density at radius 2 is 1.21 bits per heavy atom. The first-order valence-corrected chi connectivity index (χ1v) is 15.0. The van der Waals surface area contributed by atoms with E-state index in [9.17, 15) is 14.7 Å². The minimum Gasteiger partial charge on any atom is -0.611 e. The molecule has 0 saturated carbocycles. The van der Waals surface area contributed by atoms with Gasteiger partial charge in [0.25, 0.3) is 4.24 Å². The summed E-state index contributed by atoms with van der Waals surface area (Å²) in [6, 6.07) is 0. The Labute approximate surface area is 200 Å². The summed E-state index contributed by atoms with van der Waals surface area (Å²) in [4.78, 5) is 10.8. The first kappa shape index (κ1) is 29.5. The molecule has 0 aromatic heterocycles. The molecular formula is C22H42INO3S2. The molecule has 0 radical (unpaired) electrons. The van der Waals surface area contributed by atoms with Gasteiger partial charge < -0.3 is 4.55 Å². The highest BCUT2D eigenvalue weighted by Gasteiger charge is 2.27. The molecule has 0 aliphatic carbocycles. The van der Waals surface area contributed by atoms with Crippen LogP contribution in [0.2, 0.25) is 0 Å². The molecule has 0 fully saturated rings. The Morgan fingerprint density at radius 3 is 1.66 bits per heavy atom. The molecule has 0 heterocycles. The van der Waals surface area contributed by atoms with Crippen molar-refractivity contribution >= 4 is 45.5 Å². The quantitative estimate of drug-likeness (QED) is 0.0353. The summed E-state index contributed by atoms with van der Waals surface area (Å²) in [5, 5.41) is 11.2. The Balaban J connectivity index is 4.07. The van der Waals surface area contributed by atoms with E-state index in [0.717, 1.165) is 31.4 Å². The third-order valence-electron chi connectivity index (χ3n) is 4.95. The summed E-state index contributed by atoms with van der Waals surface area (Å²) in [7, 11) is 0. The van der Waals surface area contributed by atoms with Crippen LogP contribution in [0.3, 0.4) is 0 Å². The molecule has 0 spiro atoms. The maximum absolute atomic E-state index is 12.7. The van der Waals surface area contributed by atoms with E-state index >= 15 is 0 Å². The number of nitro groups is 1. The first-order chi connectivity index (χ1) is 14.0. The van der Waals surface area contributed by atoms with Crippen molar-refractivity contribution in [1.29, 1.82) is 0 Å². The van der Waals surface area contributed by atoms with E-state index < -0.39 is 11.2 Å². The second-order valence-electron chi connectivity index (χ2n) is 7.68. The van der Waals surface area contributed by atoms with Gasteiger partial charge in [-0.05, 0) is 30.4 Å². The van der Waals surface area contributed by atoms with Crippen LogP contribution in [0.25, 0.3) is 0 Å². The summed E-state index contributed by atoms with van der Waals surface area (Å²) in [5.74, 6) is 1.38. The fourth-order valence-electron chi connectivity index (χ4n) is 3.15. The maximum atomic E-state index is 12.7. The number of hydrogen-bond donors (Lipinski definition) is 0. The van der Waals surface area contributed by atoms with Gasteiger partial charge in [0.05, 0.1) is 27.5 Å². The van der Waals surface area contributed by atoms with Gasteiger partial charge in [-0.25, -0.2) is 0 Å². The monoisotopic (exact) mass is 559 g/mol. The minimum absolute atomic E-state index is 0.0464. The van der Waals surface area contributed by atoms with E-state index in [1.54, 1.807) is 22.6 Å². The zero-order valence-electron chi connectivity index (χ0n) is 18.6. The molecule has 7 heteroatoms. The second-order valence-corrected chi connectivity index (χ2v) is 11.6. The van der Waals surface area contributed by atoms with Crippen molar-refractivity contribution in [1.82, 2.24) is 0 Å². The molecule has 0 aliphatic heterocycles. The molecule has 0 aromatic rings. The van der Waals surface area contributed by atoms with Gasteiger partial charge in [0.2, 0.25) is 0 Å². The highest BCUT2D eigenvalue weighted by atomic mass is 127. The Morgan fingerprint density at radius 1 is 0.793 bits per heavy atom. The third kappa shape index (κ3) is 17.9. The van der Waals surface area contributed by atoms with Crippen LogP contribution in [0, 0.1) is 10.1 Å². The van der Waals surface area contributed by atoms with Crippen molar-refractivity contribution in [2.45, 2.75) is 117 Å². The molecule has 0 amide bonds. The second kappa shape index (κ2) is 21.8. The maximum Gasteiger partial charge on any atom is 0.364 e. The van der Waals surface area contributed by atoms with Crippen LogP contribution in [0.5, 0.6) is 0 Å². The topological polar surface area (TPSA) is 66.2 Å². The van der Waals surface area contributed by atoms with Crippen molar-refractivity contribution < 1.29 is 9.48 Å². The zero-order chi connectivity index (χ0) is 21.7. The lowest BCUT2D eigenvalue weighted by Crippen LogP contribution is -2.11. The summed E-state index contributed by atoms with van der Waals surface area (Å²) in [5.41, 5.74) is 0. The minimum atomic E-state index is -1.24. The van der Waals surface area contributed by atoms with Gasteiger partial charge >= 0.3 is 3.70 Å². The van der Waals surface area contributed by atoms with E-state index in [0.29, 0.717) is 9.99 Å². The lowest BCUT2D eigenvalue weighted by Gasteiger charge is -2.12. The fraction of sp³-hybridized carbons (Fsp3) is 0.909. The highest BCUT2D eigenvalue weighted by Crippen LogP contribution is 2.32. The first-order valence-electron chi connectivity index (χ1n) is 11.6. The number of unbranched alkanes of at least 4 members (excludes halogenated alkanes) is 14. The average molecular weight is 560 g/mol. The predicted octanol–water partition coefficient (Wildman–Crippen LogP) is 8.59. The van der Waals surface area contributed by atoms with Crippen LogP contribution < -0.4 is 0 Å². The van der Waals surface area contributed by atoms with Crippen LogP contribution in [-0.4, -0.2) is 21.0 Å². The SMILES string of the molecule is CCCCCCCCCCSC(=C(I)[N+](=O)[O-])[S+]([O-])CCCCCCCCCC. The molecule has 172 valence electrons. The van der Waals surface area contributed by atoms with Gasteiger partial charge in [-0.15, -0.1) is 0 Å². The Kier molecular flexibility index (Phi) is 22.1. The summed E-state index contributed by atoms with van der Waals surface area (Å²) >= 11 is 1.96. The van der Waals surface area contributed by atoms with Crippen molar-refractivity contribution in [3.05, 3.63) is 18.1 Å². The Bertz CT molecular complexity index is 436. The summed E-state index contributed by atoms with van der Waals surface area (Å²) < 4.78 is 13.2.